The van der Waals surface area contributed by atoms with Crippen LogP contribution in [0.4, 0.5) is 0 Å². The van der Waals surface area contributed by atoms with Crippen molar-refractivity contribution < 1.29 is 0 Å². The molecule has 1 atom stereocenters. The Morgan fingerprint density at radius 3 is 1.43 bits per heavy atom. The first-order valence-corrected chi connectivity index (χ1v) is 7.52. The van der Waals surface area contributed by atoms with Crippen molar-refractivity contribution in [3.05, 3.63) is 0 Å². The molecule has 43 valence electrons. The molecule has 1 radical (unpaired) electrons. The van der Waals surface area contributed by atoms with Crippen LogP contribution < -0.4 is 0 Å². The van der Waals surface area contributed by atoms with Crippen molar-refractivity contribution in [3.63, 3.8) is 0 Å². The van der Waals surface area contributed by atoms with E-state index in [4.69, 9.17) is 0 Å². The molecule has 0 aliphatic heterocycles. The van der Waals surface area contributed by atoms with E-state index in [-0.39, 0.29) is 0 Å². The maximum absolute atomic E-state index is 2.40. The normalized spacial score (nSPS) is 16.7. The van der Waals surface area contributed by atoms with Crippen LogP contribution in [0.25, 0.3) is 0 Å². The van der Waals surface area contributed by atoms with Crippen molar-refractivity contribution in [2.75, 3.05) is 0 Å². The van der Waals surface area contributed by atoms with Gasteiger partial charge in [0.15, 0.2) is 0 Å². The summed E-state index contributed by atoms with van der Waals surface area (Å²) in [6.45, 7) is 9.53. The van der Waals surface area contributed by atoms with Crippen LogP contribution in [0.2, 0.25) is 23.2 Å². The Hall–Kier alpha value is 1.01. The van der Waals surface area contributed by atoms with Crippen LogP contribution in [0.1, 0.15) is 6.92 Å². The number of hydrogen-bond acceptors (Lipinski definition) is 0. The Morgan fingerprint density at radius 2 is 1.43 bits per heavy atom. The van der Waals surface area contributed by atoms with Gasteiger partial charge in [-0.1, -0.05) is 0 Å². The van der Waals surface area contributed by atoms with Crippen molar-refractivity contribution in [1.82, 2.24) is 0 Å². The summed E-state index contributed by atoms with van der Waals surface area (Å²) in [5, 5.41) is 0. The molecule has 7 heavy (non-hydrogen) atoms. The zero-order valence-corrected chi connectivity index (χ0v) is 8.82. The molecule has 0 aromatic carbocycles. The summed E-state index contributed by atoms with van der Waals surface area (Å²) in [7, 11) is -0.730. The van der Waals surface area contributed by atoms with Gasteiger partial charge >= 0.3 is 60.5 Å². The van der Waals surface area contributed by atoms with Crippen LogP contribution in [-0.4, -0.2) is 30.4 Å². The summed E-state index contributed by atoms with van der Waals surface area (Å²) in [5.41, 5.74) is 0. The summed E-state index contributed by atoms with van der Waals surface area (Å²) in [5.74, 6) is 0. The average molecular weight is 229 g/mol. The second-order valence-corrected chi connectivity index (χ2v) is 11.9. The zero-order valence-electron chi connectivity index (χ0n) is 5.49. The molecule has 0 saturated heterocycles. The van der Waals surface area contributed by atoms with Gasteiger partial charge in [0.25, 0.3) is 0 Å². The molecule has 0 aromatic heterocycles. The Balaban J connectivity index is 3.54. The van der Waals surface area contributed by atoms with Crippen LogP contribution in [0.15, 0.2) is 0 Å². The van der Waals surface area contributed by atoms with Crippen molar-refractivity contribution in [2.24, 2.45) is 0 Å². The van der Waals surface area contributed by atoms with Gasteiger partial charge in [0.05, 0.1) is 0 Å². The van der Waals surface area contributed by atoms with Gasteiger partial charge in [-0.3, -0.25) is 0 Å². The zero-order chi connectivity index (χ0) is 6.08. The first-order valence-electron chi connectivity index (χ1n) is 2.60. The molecule has 0 aliphatic carbocycles. The van der Waals surface area contributed by atoms with Crippen LogP contribution in [0.3, 0.4) is 0 Å². The summed E-state index contributed by atoms with van der Waals surface area (Å²) >= 11 is 2.25. The molecule has 0 amide bonds. The molecule has 0 rings (SSSR count). The number of rotatable bonds is 1. The summed E-state index contributed by atoms with van der Waals surface area (Å²) in [6.07, 6.45) is 0. The third kappa shape index (κ3) is 3.58. The minimum atomic E-state index is -0.730. The van der Waals surface area contributed by atoms with Gasteiger partial charge in [-0.2, -0.15) is 0 Å². The minimum absolute atomic E-state index is 0.730. The van der Waals surface area contributed by atoms with E-state index in [1.807, 2.05) is 0 Å². The molecule has 0 saturated carbocycles. The van der Waals surface area contributed by atoms with Gasteiger partial charge in [-0.05, 0) is 0 Å². The summed E-state index contributed by atoms with van der Waals surface area (Å²) in [4.78, 5) is 0. The Kier molecular flexibility index (Phi) is 2.89. The van der Waals surface area contributed by atoms with Gasteiger partial charge < -0.3 is 0 Å². The molecule has 0 aliphatic rings. The fraction of sp³-hybridized carbons (Fsp3) is 1.00. The molecule has 0 nitrogen and oxygen atoms in total. The van der Waals surface area contributed by atoms with E-state index >= 15 is 0 Å². The molecular formula is C5H13SiTe. The van der Waals surface area contributed by atoms with Gasteiger partial charge in [-0.15, -0.1) is 0 Å². The van der Waals surface area contributed by atoms with Crippen molar-refractivity contribution in [2.45, 2.75) is 30.2 Å². The quantitative estimate of drug-likeness (QED) is 0.601. The third-order valence-corrected chi connectivity index (χ3v) is 9.71. The van der Waals surface area contributed by atoms with E-state index in [1.165, 1.54) is 0 Å². The molecule has 2 heteroatoms. The number of hydrogen-bond donors (Lipinski definition) is 0. The first kappa shape index (κ1) is 8.01. The second kappa shape index (κ2) is 2.52. The van der Waals surface area contributed by atoms with Gasteiger partial charge in [0, 0.05) is 0 Å². The predicted molar refractivity (Wildman–Crippen MR) is 38.5 cm³/mol. The SMILES string of the molecule is CC([Te])[Si](C)(C)C. The molecule has 0 heterocycles. The molecule has 0 fully saturated rings. The molecular weight excluding hydrogens is 216 g/mol. The first-order chi connectivity index (χ1) is 2.94. The Labute approximate surface area is 60.6 Å². The standard InChI is InChI=1S/C5H13SiTe/c1-5(7)6(2,3)4/h5H,1-4H3. The van der Waals surface area contributed by atoms with E-state index in [0.29, 0.717) is 0 Å². The van der Waals surface area contributed by atoms with E-state index < -0.39 is 8.07 Å². The molecule has 0 N–H and O–H groups in total. The summed E-state index contributed by atoms with van der Waals surface area (Å²) < 4.78 is 0.947. The van der Waals surface area contributed by atoms with E-state index in [1.54, 1.807) is 0 Å². The third-order valence-electron chi connectivity index (χ3n) is 1.22. The van der Waals surface area contributed by atoms with Gasteiger partial charge in [0.2, 0.25) is 0 Å². The van der Waals surface area contributed by atoms with Crippen LogP contribution in [0.5, 0.6) is 0 Å². The van der Waals surface area contributed by atoms with Crippen LogP contribution in [-0.2, 0) is 0 Å². The monoisotopic (exact) mass is 231 g/mol. The Morgan fingerprint density at radius 1 is 1.29 bits per heavy atom. The van der Waals surface area contributed by atoms with Gasteiger partial charge in [-0.25, -0.2) is 0 Å². The van der Waals surface area contributed by atoms with E-state index in [2.05, 4.69) is 48.9 Å². The molecule has 1 unspecified atom stereocenters. The molecule has 0 aromatic rings. The van der Waals surface area contributed by atoms with Crippen molar-refractivity contribution in [1.29, 1.82) is 0 Å². The van der Waals surface area contributed by atoms with Crippen molar-refractivity contribution in [3.8, 4) is 0 Å². The van der Waals surface area contributed by atoms with Crippen molar-refractivity contribution >= 4 is 30.4 Å². The second-order valence-electron chi connectivity index (χ2n) is 3.01. The van der Waals surface area contributed by atoms with E-state index in [9.17, 15) is 0 Å². The average Bonchev–Trinajstić information content (AvgIpc) is 1.31. The van der Waals surface area contributed by atoms with Gasteiger partial charge in [0.1, 0.15) is 0 Å². The fourth-order valence-electron chi connectivity index (χ4n) is 0. The maximum atomic E-state index is 2.40. The van der Waals surface area contributed by atoms with Crippen LogP contribution >= 0.6 is 0 Å². The molecule has 0 bridgehead atoms. The Bertz CT molecular complexity index is 53.6. The predicted octanol–water partition coefficient (Wildman–Crippen LogP) is 1.84. The van der Waals surface area contributed by atoms with Crippen LogP contribution in [0, 0.1) is 0 Å². The van der Waals surface area contributed by atoms with E-state index in [0.717, 1.165) is 3.59 Å². The molecule has 0 spiro atoms. The topological polar surface area (TPSA) is 0 Å². The summed E-state index contributed by atoms with van der Waals surface area (Å²) in [6, 6.07) is 0. The fourth-order valence-corrected chi connectivity index (χ4v) is 0.